The summed E-state index contributed by atoms with van der Waals surface area (Å²) in [5.41, 5.74) is 1.37. The average Bonchev–Trinajstić information content (AvgIpc) is 2.36. The van der Waals surface area contributed by atoms with E-state index in [1.807, 2.05) is 6.07 Å². The van der Waals surface area contributed by atoms with E-state index in [4.69, 9.17) is 4.74 Å². The molecule has 0 spiro atoms. The second kappa shape index (κ2) is 6.06. The van der Waals surface area contributed by atoms with Crippen LogP contribution >= 0.6 is 0 Å². The molecule has 2 heteroatoms. The molecule has 1 heterocycles. The molecule has 94 valence electrons. The maximum Gasteiger partial charge on any atom is 0.122 e. The first-order chi connectivity index (χ1) is 8.31. The fraction of sp³-hybridized carbons (Fsp3) is 0.600. The molecule has 17 heavy (non-hydrogen) atoms. The number of nitrogens with one attached hydrogen (secondary N) is 1. The highest BCUT2D eigenvalue weighted by atomic mass is 16.5. The van der Waals surface area contributed by atoms with Crippen LogP contribution in [0.4, 0.5) is 0 Å². The van der Waals surface area contributed by atoms with E-state index in [9.17, 15) is 0 Å². The van der Waals surface area contributed by atoms with Gasteiger partial charge in [-0.05, 0) is 31.4 Å². The van der Waals surface area contributed by atoms with E-state index in [-0.39, 0.29) is 0 Å². The lowest BCUT2D eigenvalue weighted by molar-refractivity contribution is 0.262. The van der Waals surface area contributed by atoms with Crippen LogP contribution in [0.3, 0.4) is 0 Å². The Balaban J connectivity index is 1.94. The third-order valence-corrected chi connectivity index (χ3v) is 3.52. The Kier molecular flexibility index (Phi) is 4.43. The van der Waals surface area contributed by atoms with Crippen molar-refractivity contribution < 1.29 is 4.74 Å². The second-order valence-electron chi connectivity index (χ2n) is 4.97. The van der Waals surface area contributed by atoms with Crippen LogP contribution in [0, 0.1) is 0 Å². The number of hydrogen-bond acceptors (Lipinski definition) is 2. The molecule has 0 bridgehead atoms. The summed E-state index contributed by atoms with van der Waals surface area (Å²) in [4.78, 5) is 0. The van der Waals surface area contributed by atoms with Gasteiger partial charge in [0, 0.05) is 18.5 Å². The first-order valence-electron chi connectivity index (χ1n) is 6.76. The highest BCUT2D eigenvalue weighted by Crippen LogP contribution is 2.32. The van der Waals surface area contributed by atoms with Gasteiger partial charge in [-0.25, -0.2) is 0 Å². The van der Waals surface area contributed by atoms with Gasteiger partial charge in [-0.1, -0.05) is 31.5 Å². The summed E-state index contributed by atoms with van der Waals surface area (Å²) in [6.45, 7) is 6.43. The summed E-state index contributed by atoms with van der Waals surface area (Å²) in [5.74, 6) is 1.69. The van der Waals surface area contributed by atoms with Crippen molar-refractivity contribution in [1.82, 2.24) is 5.32 Å². The Labute approximate surface area is 104 Å². The van der Waals surface area contributed by atoms with Gasteiger partial charge in [-0.15, -0.1) is 0 Å². The minimum atomic E-state index is 0.610. The predicted octanol–water partition coefficient (Wildman–Crippen LogP) is 3.33. The monoisotopic (exact) mass is 233 g/mol. The van der Waals surface area contributed by atoms with Crippen LogP contribution < -0.4 is 10.1 Å². The van der Waals surface area contributed by atoms with Gasteiger partial charge in [-0.3, -0.25) is 0 Å². The van der Waals surface area contributed by atoms with E-state index < -0.39 is 0 Å². The molecule has 0 saturated carbocycles. The molecular weight excluding hydrogens is 210 g/mol. The molecule has 1 aromatic carbocycles. The smallest absolute Gasteiger partial charge is 0.122 e. The van der Waals surface area contributed by atoms with Crippen molar-refractivity contribution in [3.8, 4) is 5.75 Å². The van der Waals surface area contributed by atoms with Gasteiger partial charge in [0.1, 0.15) is 5.75 Å². The Morgan fingerprint density at radius 3 is 3.06 bits per heavy atom. The highest BCUT2D eigenvalue weighted by molar-refractivity contribution is 5.37. The summed E-state index contributed by atoms with van der Waals surface area (Å²) in [7, 11) is 0. The van der Waals surface area contributed by atoms with Crippen molar-refractivity contribution in [2.75, 3.05) is 13.2 Å². The Bertz CT molecular complexity index is 351. The first kappa shape index (κ1) is 12.4. The van der Waals surface area contributed by atoms with Crippen molar-refractivity contribution in [1.29, 1.82) is 0 Å². The number of benzene rings is 1. The second-order valence-corrected chi connectivity index (χ2v) is 4.97. The van der Waals surface area contributed by atoms with Gasteiger partial charge in [0.25, 0.3) is 0 Å². The van der Waals surface area contributed by atoms with Gasteiger partial charge in [0.2, 0.25) is 0 Å². The first-order valence-corrected chi connectivity index (χ1v) is 6.76. The van der Waals surface area contributed by atoms with Crippen molar-refractivity contribution in [3.05, 3.63) is 29.8 Å². The molecule has 1 aliphatic rings. The minimum Gasteiger partial charge on any atom is -0.493 e. The lowest BCUT2D eigenvalue weighted by Crippen LogP contribution is -2.32. The molecule has 1 aromatic rings. The molecule has 2 unspecified atom stereocenters. The zero-order valence-corrected chi connectivity index (χ0v) is 10.9. The molecule has 0 amide bonds. The van der Waals surface area contributed by atoms with E-state index in [1.54, 1.807) is 0 Å². The Morgan fingerprint density at radius 2 is 2.24 bits per heavy atom. The molecule has 0 saturated heterocycles. The van der Waals surface area contributed by atoms with Gasteiger partial charge < -0.3 is 10.1 Å². The standard InChI is InChI=1S/C15H23NO/c1-3-6-12(2)16-11-13-9-10-17-15-8-5-4-7-14(13)15/h4-5,7-8,12-13,16H,3,6,9-11H2,1-2H3. The largest absolute Gasteiger partial charge is 0.493 e. The number of hydrogen-bond donors (Lipinski definition) is 1. The van der Waals surface area contributed by atoms with Crippen LogP contribution in [-0.2, 0) is 0 Å². The summed E-state index contributed by atoms with van der Waals surface area (Å²) < 4.78 is 5.68. The molecule has 0 aliphatic carbocycles. The maximum atomic E-state index is 5.68. The fourth-order valence-electron chi connectivity index (χ4n) is 2.51. The summed E-state index contributed by atoms with van der Waals surface area (Å²) in [6, 6.07) is 9.06. The van der Waals surface area contributed by atoms with E-state index in [0.717, 1.165) is 25.3 Å². The lowest BCUT2D eigenvalue weighted by Gasteiger charge is -2.27. The molecular formula is C15H23NO. The van der Waals surface area contributed by atoms with Crippen LogP contribution in [0.5, 0.6) is 5.75 Å². The van der Waals surface area contributed by atoms with Crippen LogP contribution in [0.2, 0.25) is 0 Å². The normalized spacial score (nSPS) is 20.5. The topological polar surface area (TPSA) is 21.3 Å². The predicted molar refractivity (Wildman–Crippen MR) is 71.7 cm³/mol. The third-order valence-electron chi connectivity index (χ3n) is 3.52. The fourth-order valence-corrected chi connectivity index (χ4v) is 2.51. The summed E-state index contributed by atoms with van der Waals surface area (Å²) in [6.07, 6.45) is 3.63. The molecule has 1 N–H and O–H groups in total. The third kappa shape index (κ3) is 3.22. The summed E-state index contributed by atoms with van der Waals surface area (Å²) in [5, 5.41) is 3.64. The molecule has 2 nitrogen and oxygen atoms in total. The number of para-hydroxylation sites is 1. The summed E-state index contributed by atoms with van der Waals surface area (Å²) >= 11 is 0. The molecule has 0 radical (unpaired) electrons. The molecule has 2 rings (SSSR count). The van der Waals surface area contributed by atoms with E-state index >= 15 is 0 Å². The number of ether oxygens (including phenoxy) is 1. The SMILES string of the molecule is CCCC(C)NCC1CCOc2ccccc21. The Hall–Kier alpha value is -1.02. The van der Waals surface area contributed by atoms with Crippen LogP contribution in [0.1, 0.15) is 44.6 Å². The Morgan fingerprint density at radius 1 is 1.41 bits per heavy atom. The minimum absolute atomic E-state index is 0.610. The van der Waals surface area contributed by atoms with E-state index in [2.05, 4.69) is 37.4 Å². The number of fused-ring (bicyclic) bond motifs is 1. The van der Waals surface area contributed by atoms with E-state index in [1.165, 1.54) is 18.4 Å². The quantitative estimate of drug-likeness (QED) is 0.842. The van der Waals surface area contributed by atoms with Gasteiger partial charge in [0.05, 0.1) is 6.61 Å². The number of rotatable bonds is 5. The molecule has 0 fully saturated rings. The maximum absolute atomic E-state index is 5.68. The van der Waals surface area contributed by atoms with Crippen molar-refractivity contribution in [3.63, 3.8) is 0 Å². The van der Waals surface area contributed by atoms with Crippen LogP contribution in [0.25, 0.3) is 0 Å². The lowest BCUT2D eigenvalue weighted by atomic mass is 9.93. The van der Waals surface area contributed by atoms with Crippen LogP contribution in [-0.4, -0.2) is 19.2 Å². The van der Waals surface area contributed by atoms with Gasteiger partial charge >= 0.3 is 0 Å². The zero-order valence-electron chi connectivity index (χ0n) is 10.9. The molecule has 0 aromatic heterocycles. The molecule has 1 aliphatic heterocycles. The average molecular weight is 233 g/mol. The van der Waals surface area contributed by atoms with Crippen molar-refractivity contribution in [2.45, 2.75) is 45.1 Å². The molecule has 2 atom stereocenters. The zero-order chi connectivity index (χ0) is 12.1. The van der Waals surface area contributed by atoms with Crippen molar-refractivity contribution >= 4 is 0 Å². The van der Waals surface area contributed by atoms with Gasteiger partial charge in [-0.2, -0.15) is 0 Å². The van der Waals surface area contributed by atoms with Gasteiger partial charge in [0.15, 0.2) is 0 Å². The highest BCUT2D eigenvalue weighted by Gasteiger charge is 2.20. The van der Waals surface area contributed by atoms with Crippen LogP contribution in [0.15, 0.2) is 24.3 Å². The van der Waals surface area contributed by atoms with Crippen molar-refractivity contribution in [2.24, 2.45) is 0 Å². The van der Waals surface area contributed by atoms with E-state index in [0.29, 0.717) is 12.0 Å².